The van der Waals surface area contributed by atoms with Crippen molar-refractivity contribution in [3.05, 3.63) is 35.9 Å². The molecule has 0 saturated carbocycles. The lowest BCUT2D eigenvalue weighted by Crippen LogP contribution is -2.42. The fourth-order valence-corrected chi connectivity index (χ4v) is 2.67. The second kappa shape index (κ2) is 11.8. The van der Waals surface area contributed by atoms with Crippen LogP contribution in [0.2, 0.25) is 0 Å². The molecule has 0 radical (unpaired) electrons. The number of hydrogen-bond acceptors (Lipinski definition) is 5. The minimum Gasteiger partial charge on any atom is -0.444 e. The average Bonchev–Trinajstić information content (AvgIpc) is 2.65. The van der Waals surface area contributed by atoms with Crippen molar-refractivity contribution >= 4 is 52.8 Å². The highest BCUT2D eigenvalue weighted by Gasteiger charge is 2.15. The fourth-order valence-electron chi connectivity index (χ4n) is 2.67. The summed E-state index contributed by atoms with van der Waals surface area (Å²) in [4.78, 5) is 22.6. The van der Waals surface area contributed by atoms with Gasteiger partial charge in [0.15, 0.2) is 5.96 Å². The maximum atomic E-state index is 11.7. The van der Waals surface area contributed by atoms with Gasteiger partial charge in [0.2, 0.25) is 0 Å². The number of amides is 1. The van der Waals surface area contributed by atoms with Gasteiger partial charge in [-0.1, -0.05) is 18.2 Å². The minimum atomic E-state index is -0.506. The number of benzene rings is 1. The summed E-state index contributed by atoms with van der Waals surface area (Å²) in [6.07, 6.45) is -0.429. The largest absolute Gasteiger partial charge is 0.444 e. The SMILES string of the molecule is CN=C(NCCNC(=O)OC(C)(C)C)NCc1cc(N(C)C)nc2ccccc12.I. The van der Waals surface area contributed by atoms with Gasteiger partial charge in [0.1, 0.15) is 11.4 Å². The number of fused-ring (bicyclic) bond motifs is 1. The number of guanidine groups is 1. The Balaban J connectivity index is 0.00000450. The van der Waals surface area contributed by atoms with Gasteiger partial charge in [0.05, 0.1) is 5.52 Å². The average molecular weight is 528 g/mol. The molecule has 0 bridgehead atoms. The van der Waals surface area contributed by atoms with Crippen LogP contribution in [0.25, 0.3) is 10.9 Å². The summed E-state index contributed by atoms with van der Waals surface area (Å²) in [5.74, 6) is 1.56. The lowest BCUT2D eigenvalue weighted by atomic mass is 10.1. The van der Waals surface area contributed by atoms with Gasteiger partial charge in [-0.2, -0.15) is 0 Å². The van der Waals surface area contributed by atoms with E-state index in [2.05, 4.69) is 38.1 Å². The predicted octanol–water partition coefficient (Wildman–Crippen LogP) is 3.11. The molecular formula is C21H33IN6O2. The van der Waals surface area contributed by atoms with E-state index in [4.69, 9.17) is 4.74 Å². The number of rotatable bonds is 6. The van der Waals surface area contributed by atoms with Crippen molar-refractivity contribution in [2.45, 2.75) is 32.9 Å². The molecule has 9 heteroatoms. The van der Waals surface area contributed by atoms with Crippen LogP contribution in [0.1, 0.15) is 26.3 Å². The third-order valence-electron chi connectivity index (χ3n) is 4.00. The molecule has 0 saturated heterocycles. The number of carbonyl (C=O) groups is 1. The molecule has 30 heavy (non-hydrogen) atoms. The van der Waals surface area contributed by atoms with Crippen molar-refractivity contribution in [1.82, 2.24) is 20.9 Å². The van der Waals surface area contributed by atoms with Gasteiger partial charge in [-0.3, -0.25) is 4.99 Å². The minimum absolute atomic E-state index is 0. The van der Waals surface area contributed by atoms with Crippen molar-refractivity contribution < 1.29 is 9.53 Å². The highest BCUT2D eigenvalue weighted by atomic mass is 127. The van der Waals surface area contributed by atoms with E-state index >= 15 is 0 Å². The summed E-state index contributed by atoms with van der Waals surface area (Å²) in [5, 5.41) is 10.3. The third kappa shape index (κ3) is 8.21. The maximum absolute atomic E-state index is 11.7. The number of para-hydroxylation sites is 1. The first kappa shape index (κ1) is 25.7. The van der Waals surface area contributed by atoms with Gasteiger partial charge in [-0.05, 0) is 38.5 Å². The van der Waals surface area contributed by atoms with E-state index in [1.54, 1.807) is 7.05 Å². The lowest BCUT2D eigenvalue weighted by molar-refractivity contribution is 0.0529. The molecule has 1 aromatic carbocycles. The smallest absolute Gasteiger partial charge is 0.407 e. The Morgan fingerprint density at radius 1 is 1.13 bits per heavy atom. The zero-order chi connectivity index (χ0) is 21.4. The molecule has 0 fully saturated rings. The van der Waals surface area contributed by atoms with E-state index in [1.807, 2.05) is 58.0 Å². The standard InChI is InChI=1S/C21H32N6O2.HI/c1-21(2,3)29-20(28)24-12-11-23-19(22-4)25-14-15-13-18(27(5)6)26-17-10-8-7-9-16(15)17;/h7-10,13H,11-12,14H2,1-6H3,(H,24,28)(H2,22,23,25);1H. The molecule has 1 amide bonds. The Morgan fingerprint density at radius 3 is 2.43 bits per heavy atom. The van der Waals surface area contributed by atoms with E-state index in [1.165, 1.54) is 0 Å². The zero-order valence-electron chi connectivity index (χ0n) is 18.6. The summed E-state index contributed by atoms with van der Waals surface area (Å²) in [6.45, 7) is 7.06. The van der Waals surface area contributed by atoms with Crippen LogP contribution in [0.15, 0.2) is 35.3 Å². The fraction of sp³-hybridized carbons (Fsp3) is 0.476. The first-order chi connectivity index (χ1) is 13.7. The van der Waals surface area contributed by atoms with Crippen LogP contribution >= 0.6 is 24.0 Å². The molecule has 0 atom stereocenters. The van der Waals surface area contributed by atoms with Crippen LogP contribution in [0, 0.1) is 0 Å². The second-order valence-electron chi connectivity index (χ2n) is 7.83. The summed E-state index contributed by atoms with van der Waals surface area (Å²) in [7, 11) is 5.67. The molecule has 2 rings (SSSR count). The number of nitrogens with zero attached hydrogens (tertiary/aromatic N) is 3. The quantitative estimate of drug-likeness (QED) is 0.231. The normalized spacial score (nSPS) is 11.5. The lowest BCUT2D eigenvalue weighted by Gasteiger charge is -2.20. The number of aliphatic imine (C=N–C) groups is 1. The van der Waals surface area contributed by atoms with Gasteiger partial charge in [-0.25, -0.2) is 9.78 Å². The highest BCUT2D eigenvalue weighted by Crippen LogP contribution is 2.21. The highest BCUT2D eigenvalue weighted by molar-refractivity contribution is 14.0. The van der Waals surface area contributed by atoms with Crippen molar-refractivity contribution in [2.75, 3.05) is 39.1 Å². The number of nitrogens with one attached hydrogen (secondary N) is 3. The molecule has 0 aliphatic carbocycles. The van der Waals surface area contributed by atoms with E-state index in [0.717, 1.165) is 22.3 Å². The number of anilines is 1. The molecule has 2 aromatic rings. The first-order valence-corrected chi connectivity index (χ1v) is 9.67. The predicted molar refractivity (Wildman–Crippen MR) is 134 cm³/mol. The summed E-state index contributed by atoms with van der Waals surface area (Å²) >= 11 is 0. The van der Waals surface area contributed by atoms with Crippen LogP contribution in [-0.2, 0) is 11.3 Å². The Hall–Kier alpha value is -2.30. The van der Waals surface area contributed by atoms with Gasteiger partial charge in [0.25, 0.3) is 0 Å². The van der Waals surface area contributed by atoms with E-state index in [0.29, 0.717) is 25.6 Å². The van der Waals surface area contributed by atoms with Crippen molar-refractivity contribution in [3.63, 3.8) is 0 Å². The van der Waals surface area contributed by atoms with Gasteiger partial charge in [0, 0.05) is 46.2 Å². The Bertz CT molecular complexity index is 864. The molecular weight excluding hydrogens is 495 g/mol. The van der Waals surface area contributed by atoms with Crippen molar-refractivity contribution in [3.8, 4) is 0 Å². The Morgan fingerprint density at radius 2 is 1.80 bits per heavy atom. The summed E-state index contributed by atoms with van der Waals surface area (Å²) < 4.78 is 5.21. The van der Waals surface area contributed by atoms with Gasteiger partial charge in [-0.15, -0.1) is 24.0 Å². The number of aromatic nitrogens is 1. The number of pyridine rings is 1. The third-order valence-corrected chi connectivity index (χ3v) is 4.00. The molecule has 1 heterocycles. The topological polar surface area (TPSA) is 90.9 Å². The Labute approximate surface area is 195 Å². The molecule has 0 spiro atoms. The van der Waals surface area contributed by atoms with E-state index < -0.39 is 11.7 Å². The molecule has 166 valence electrons. The molecule has 0 unspecified atom stereocenters. The van der Waals surface area contributed by atoms with E-state index in [9.17, 15) is 4.79 Å². The van der Waals surface area contributed by atoms with Crippen molar-refractivity contribution in [1.29, 1.82) is 0 Å². The number of hydrogen-bond donors (Lipinski definition) is 3. The van der Waals surface area contributed by atoms with Crippen LogP contribution in [-0.4, -0.2) is 56.9 Å². The molecule has 1 aromatic heterocycles. The van der Waals surface area contributed by atoms with Crippen LogP contribution in [0.3, 0.4) is 0 Å². The van der Waals surface area contributed by atoms with Crippen LogP contribution in [0.5, 0.6) is 0 Å². The molecule has 0 aliphatic heterocycles. The Kier molecular flexibility index (Phi) is 10.1. The molecule has 0 aliphatic rings. The van der Waals surface area contributed by atoms with Crippen LogP contribution in [0.4, 0.5) is 10.6 Å². The second-order valence-corrected chi connectivity index (χ2v) is 7.83. The number of alkyl carbamates (subject to hydrolysis) is 1. The van der Waals surface area contributed by atoms with Crippen molar-refractivity contribution in [2.24, 2.45) is 4.99 Å². The maximum Gasteiger partial charge on any atom is 0.407 e. The number of ether oxygens (including phenoxy) is 1. The summed E-state index contributed by atoms with van der Waals surface area (Å²) in [6, 6.07) is 10.2. The summed E-state index contributed by atoms with van der Waals surface area (Å²) in [5.41, 5.74) is 1.59. The van der Waals surface area contributed by atoms with Crippen LogP contribution < -0.4 is 20.9 Å². The number of carbonyl (C=O) groups excluding carboxylic acids is 1. The zero-order valence-corrected chi connectivity index (χ0v) is 20.9. The van der Waals surface area contributed by atoms with Gasteiger partial charge >= 0.3 is 6.09 Å². The molecule has 8 nitrogen and oxygen atoms in total. The van der Waals surface area contributed by atoms with Gasteiger partial charge < -0.3 is 25.6 Å². The first-order valence-electron chi connectivity index (χ1n) is 9.67. The number of halogens is 1. The van der Waals surface area contributed by atoms with E-state index in [-0.39, 0.29) is 24.0 Å². The monoisotopic (exact) mass is 528 g/mol. The molecule has 3 N–H and O–H groups in total.